The Balaban J connectivity index is 1.77. The molecule has 0 aliphatic carbocycles. The molecule has 2 aromatic rings. The maximum Gasteiger partial charge on any atom is 0.410 e. The first-order valence-corrected chi connectivity index (χ1v) is 10.7. The van der Waals surface area contributed by atoms with E-state index < -0.39 is 5.60 Å². The summed E-state index contributed by atoms with van der Waals surface area (Å²) in [4.78, 5) is 18.6. The third-order valence-electron chi connectivity index (χ3n) is 5.15. The van der Waals surface area contributed by atoms with Gasteiger partial charge in [-0.25, -0.2) is 14.2 Å². The molecule has 1 amide bonds. The minimum atomic E-state index is -0.557. The quantitative estimate of drug-likeness (QED) is 0.643. The van der Waals surface area contributed by atoms with E-state index in [2.05, 4.69) is 4.98 Å². The molecule has 168 valence electrons. The number of piperidine rings is 1. The number of nitrogens with zero attached hydrogens (tertiary/aromatic N) is 2. The van der Waals surface area contributed by atoms with Gasteiger partial charge in [-0.3, -0.25) is 0 Å². The summed E-state index contributed by atoms with van der Waals surface area (Å²) in [6.45, 7) is 9.38. The summed E-state index contributed by atoms with van der Waals surface area (Å²) in [5, 5.41) is 0. The Bertz CT molecular complexity index is 867. The van der Waals surface area contributed by atoms with E-state index >= 15 is 0 Å². The van der Waals surface area contributed by atoms with Crippen molar-refractivity contribution in [2.24, 2.45) is 5.92 Å². The van der Waals surface area contributed by atoms with Gasteiger partial charge in [-0.05, 0) is 69.9 Å². The standard InChI is InChI=1S/C24H31FN2O4/c1-5-29-22-21(7-6-13-26-22)30-16-18-15-27(23(28)31-24(2,3)4)14-12-20(18)17-8-10-19(25)11-9-17/h6-11,13,18,20H,5,12,14-16H2,1-4H3/t18-,20+/m1/s1. The zero-order valence-corrected chi connectivity index (χ0v) is 18.6. The Morgan fingerprint density at radius 2 is 1.94 bits per heavy atom. The van der Waals surface area contributed by atoms with Crippen LogP contribution in [-0.2, 0) is 4.74 Å². The molecule has 0 saturated carbocycles. The topological polar surface area (TPSA) is 60.9 Å². The predicted octanol–water partition coefficient (Wildman–Crippen LogP) is 5.04. The van der Waals surface area contributed by atoms with Crippen LogP contribution in [0.25, 0.3) is 0 Å². The van der Waals surface area contributed by atoms with Gasteiger partial charge in [-0.1, -0.05) is 12.1 Å². The molecular formula is C24H31FN2O4. The number of hydrogen-bond acceptors (Lipinski definition) is 5. The van der Waals surface area contributed by atoms with E-state index in [0.717, 1.165) is 12.0 Å². The van der Waals surface area contributed by atoms with Crippen molar-refractivity contribution < 1.29 is 23.4 Å². The summed E-state index contributed by atoms with van der Waals surface area (Å²) in [6.07, 6.45) is 2.07. The predicted molar refractivity (Wildman–Crippen MR) is 116 cm³/mol. The fourth-order valence-electron chi connectivity index (χ4n) is 3.77. The molecule has 0 bridgehead atoms. The molecule has 0 unspecified atom stereocenters. The van der Waals surface area contributed by atoms with Crippen molar-refractivity contribution in [3.05, 3.63) is 54.0 Å². The van der Waals surface area contributed by atoms with Crippen molar-refractivity contribution in [1.82, 2.24) is 9.88 Å². The monoisotopic (exact) mass is 430 g/mol. The minimum absolute atomic E-state index is 0.00131. The Morgan fingerprint density at radius 1 is 1.19 bits per heavy atom. The fourth-order valence-corrected chi connectivity index (χ4v) is 3.77. The van der Waals surface area contributed by atoms with Crippen LogP contribution in [0, 0.1) is 11.7 Å². The molecule has 1 fully saturated rings. The van der Waals surface area contributed by atoms with E-state index in [-0.39, 0.29) is 23.7 Å². The van der Waals surface area contributed by atoms with E-state index in [4.69, 9.17) is 14.2 Å². The van der Waals surface area contributed by atoms with Crippen LogP contribution in [-0.4, -0.2) is 47.9 Å². The van der Waals surface area contributed by atoms with Gasteiger partial charge in [0, 0.05) is 25.2 Å². The molecule has 3 rings (SSSR count). The number of ether oxygens (including phenoxy) is 3. The summed E-state index contributed by atoms with van der Waals surface area (Å²) >= 11 is 0. The van der Waals surface area contributed by atoms with Crippen molar-refractivity contribution in [2.45, 2.75) is 45.6 Å². The molecule has 1 aliphatic heterocycles. The minimum Gasteiger partial charge on any atom is -0.488 e. The number of halogens is 1. The second kappa shape index (κ2) is 9.98. The average molecular weight is 431 g/mol. The van der Waals surface area contributed by atoms with Gasteiger partial charge in [0.05, 0.1) is 13.2 Å². The Morgan fingerprint density at radius 3 is 2.61 bits per heavy atom. The molecule has 0 N–H and O–H groups in total. The number of rotatable bonds is 6. The van der Waals surface area contributed by atoms with Crippen molar-refractivity contribution in [1.29, 1.82) is 0 Å². The number of likely N-dealkylation sites (tertiary alicyclic amines) is 1. The molecule has 6 nitrogen and oxygen atoms in total. The van der Waals surface area contributed by atoms with Gasteiger partial charge in [0.15, 0.2) is 5.75 Å². The number of carbonyl (C=O) groups is 1. The second-order valence-corrected chi connectivity index (χ2v) is 8.68. The number of aromatic nitrogens is 1. The number of amides is 1. The zero-order chi connectivity index (χ0) is 22.4. The largest absolute Gasteiger partial charge is 0.488 e. The smallest absolute Gasteiger partial charge is 0.410 e. The van der Waals surface area contributed by atoms with E-state index in [1.54, 1.807) is 17.2 Å². The maximum atomic E-state index is 13.4. The highest BCUT2D eigenvalue weighted by atomic mass is 19.1. The Kier molecular flexibility index (Phi) is 7.36. The third kappa shape index (κ3) is 6.32. The van der Waals surface area contributed by atoms with E-state index in [9.17, 15) is 9.18 Å². The van der Waals surface area contributed by atoms with Crippen molar-refractivity contribution in [2.75, 3.05) is 26.3 Å². The molecule has 7 heteroatoms. The first-order chi connectivity index (χ1) is 14.8. The van der Waals surface area contributed by atoms with Crippen LogP contribution in [0.2, 0.25) is 0 Å². The van der Waals surface area contributed by atoms with Crippen molar-refractivity contribution in [3.8, 4) is 11.6 Å². The highest BCUT2D eigenvalue weighted by Crippen LogP contribution is 2.35. The molecule has 0 radical (unpaired) electrons. The lowest BCUT2D eigenvalue weighted by Gasteiger charge is -2.39. The summed E-state index contributed by atoms with van der Waals surface area (Å²) < 4.78 is 30.7. The molecule has 1 aromatic carbocycles. The van der Waals surface area contributed by atoms with Crippen molar-refractivity contribution >= 4 is 6.09 Å². The van der Waals surface area contributed by atoms with Gasteiger partial charge in [-0.15, -0.1) is 0 Å². The maximum absolute atomic E-state index is 13.4. The summed E-state index contributed by atoms with van der Waals surface area (Å²) in [7, 11) is 0. The number of pyridine rings is 1. The van der Waals surface area contributed by atoms with Crippen LogP contribution in [0.15, 0.2) is 42.6 Å². The molecule has 2 heterocycles. The number of benzene rings is 1. The molecule has 2 atom stereocenters. The average Bonchev–Trinajstić information content (AvgIpc) is 2.72. The molecule has 1 aromatic heterocycles. The van der Waals surface area contributed by atoms with Crippen LogP contribution in [0.3, 0.4) is 0 Å². The SMILES string of the molecule is CCOc1ncccc1OC[C@H]1CN(C(=O)OC(C)(C)C)CC[C@H]1c1ccc(F)cc1. The van der Waals surface area contributed by atoms with Gasteiger partial charge in [0.1, 0.15) is 11.4 Å². The summed E-state index contributed by atoms with van der Waals surface area (Å²) in [5.41, 5.74) is 0.481. The fraction of sp³-hybridized carbons (Fsp3) is 0.500. The first-order valence-electron chi connectivity index (χ1n) is 10.7. The molecule has 1 saturated heterocycles. The van der Waals surface area contributed by atoms with E-state index in [0.29, 0.717) is 37.9 Å². The lowest BCUT2D eigenvalue weighted by molar-refractivity contribution is 0.0110. The molecule has 0 spiro atoms. The van der Waals surface area contributed by atoms with Crippen LogP contribution in [0.1, 0.15) is 45.6 Å². The van der Waals surface area contributed by atoms with Gasteiger partial charge >= 0.3 is 6.09 Å². The highest BCUT2D eigenvalue weighted by Gasteiger charge is 2.35. The third-order valence-corrected chi connectivity index (χ3v) is 5.15. The normalized spacial score (nSPS) is 19.1. The van der Waals surface area contributed by atoms with Crippen LogP contribution in [0.4, 0.5) is 9.18 Å². The van der Waals surface area contributed by atoms with Gasteiger partial charge < -0.3 is 19.1 Å². The van der Waals surface area contributed by atoms with Gasteiger partial charge in [0.25, 0.3) is 5.88 Å². The lowest BCUT2D eigenvalue weighted by atomic mass is 9.81. The van der Waals surface area contributed by atoms with Crippen LogP contribution in [0.5, 0.6) is 11.6 Å². The van der Waals surface area contributed by atoms with Gasteiger partial charge in [-0.2, -0.15) is 0 Å². The second-order valence-electron chi connectivity index (χ2n) is 8.68. The molecule has 31 heavy (non-hydrogen) atoms. The summed E-state index contributed by atoms with van der Waals surface area (Å²) in [6, 6.07) is 10.2. The summed E-state index contributed by atoms with van der Waals surface area (Å²) in [5.74, 6) is 0.882. The van der Waals surface area contributed by atoms with Crippen molar-refractivity contribution in [3.63, 3.8) is 0 Å². The number of carbonyl (C=O) groups excluding carboxylic acids is 1. The zero-order valence-electron chi connectivity index (χ0n) is 18.6. The van der Waals surface area contributed by atoms with Crippen LogP contribution < -0.4 is 9.47 Å². The Hall–Kier alpha value is -2.83. The number of hydrogen-bond donors (Lipinski definition) is 0. The highest BCUT2D eigenvalue weighted by molar-refractivity contribution is 5.68. The Labute approximate surface area is 183 Å². The molecular weight excluding hydrogens is 399 g/mol. The van der Waals surface area contributed by atoms with E-state index in [1.807, 2.05) is 45.9 Å². The van der Waals surface area contributed by atoms with E-state index in [1.165, 1.54) is 12.1 Å². The van der Waals surface area contributed by atoms with Gasteiger partial charge in [0.2, 0.25) is 0 Å². The molecule has 1 aliphatic rings. The first kappa shape index (κ1) is 22.8. The van der Waals surface area contributed by atoms with Crippen LogP contribution >= 0.6 is 0 Å². The lowest BCUT2D eigenvalue weighted by Crippen LogP contribution is -2.46.